The maximum Gasteiger partial charge on any atom is 0.338 e. The van der Waals surface area contributed by atoms with Gasteiger partial charge in [-0.3, -0.25) is 9.36 Å². The minimum atomic E-state index is -0.714. The second kappa shape index (κ2) is 11.4. The molecule has 0 saturated heterocycles. The van der Waals surface area contributed by atoms with Gasteiger partial charge < -0.3 is 13.9 Å². The van der Waals surface area contributed by atoms with Crippen molar-refractivity contribution in [3.63, 3.8) is 0 Å². The Morgan fingerprint density at radius 3 is 2.64 bits per heavy atom. The van der Waals surface area contributed by atoms with Crippen molar-refractivity contribution in [1.29, 1.82) is 0 Å². The van der Waals surface area contributed by atoms with Gasteiger partial charge in [-0.2, -0.15) is 0 Å². The predicted molar refractivity (Wildman–Crippen MR) is 155 cm³/mol. The fourth-order valence-corrected chi connectivity index (χ4v) is 6.64. The number of thiazole rings is 1. The number of fused-ring (bicyclic) bond motifs is 1. The number of aromatic nitrogens is 1. The van der Waals surface area contributed by atoms with Crippen LogP contribution in [0.25, 0.3) is 6.08 Å². The first-order valence-corrected chi connectivity index (χ1v) is 14.6. The monoisotopic (exact) mass is 624 g/mol. The van der Waals surface area contributed by atoms with E-state index in [9.17, 15) is 9.59 Å². The molecule has 2 aromatic carbocycles. The first kappa shape index (κ1) is 27.2. The molecule has 2 aromatic heterocycles. The number of furan rings is 1. The van der Waals surface area contributed by atoms with Crippen molar-refractivity contribution in [3.8, 4) is 5.75 Å². The largest absolute Gasteiger partial charge is 0.496 e. The molecule has 0 unspecified atom stereocenters. The van der Waals surface area contributed by atoms with E-state index < -0.39 is 12.0 Å². The molecule has 5 rings (SSSR count). The van der Waals surface area contributed by atoms with Crippen LogP contribution in [0.4, 0.5) is 0 Å². The average Bonchev–Trinajstić information content (AvgIpc) is 3.48. The van der Waals surface area contributed by atoms with E-state index in [0.29, 0.717) is 36.6 Å². The summed E-state index contributed by atoms with van der Waals surface area (Å²) in [6.45, 7) is 5.76. The number of hydrogen-bond donors (Lipinski definition) is 0. The number of esters is 1. The van der Waals surface area contributed by atoms with Crippen LogP contribution in [0.1, 0.15) is 36.8 Å². The lowest BCUT2D eigenvalue weighted by Crippen LogP contribution is -2.39. The van der Waals surface area contributed by atoms with Crippen LogP contribution in [-0.2, 0) is 9.53 Å². The van der Waals surface area contributed by atoms with E-state index in [4.69, 9.17) is 13.9 Å². The third-order valence-corrected chi connectivity index (χ3v) is 8.65. The number of aryl methyl sites for hydroxylation is 1. The van der Waals surface area contributed by atoms with Gasteiger partial charge in [-0.1, -0.05) is 46.9 Å². The summed E-state index contributed by atoms with van der Waals surface area (Å²) >= 11 is 6.29. The number of allylic oxidation sites excluding steroid dienone is 1. The Kier molecular flexibility index (Phi) is 7.97. The Hall–Kier alpha value is -3.34. The summed E-state index contributed by atoms with van der Waals surface area (Å²) in [5, 5.41) is 0.722. The van der Waals surface area contributed by atoms with Crippen molar-refractivity contribution < 1.29 is 18.7 Å². The number of carbonyl (C=O) groups is 1. The topological polar surface area (TPSA) is 83.0 Å². The molecule has 1 atom stereocenters. The molecule has 3 heterocycles. The lowest BCUT2D eigenvalue weighted by Gasteiger charge is -2.25. The lowest BCUT2D eigenvalue weighted by atomic mass is 9.96. The van der Waals surface area contributed by atoms with Crippen molar-refractivity contribution >= 4 is 51.1 Å². The molecule has 1 aliphatic rings. The Labute approximate surface area is 241 Å². The quantitative estimate of drug-likeness (QED) is 0.248. The summed E-state index contributed by atoms with van der Waals surface area (Å²) < 4.78 is 19.5. The van der Waals surface area contributed by atoms with Gasteiger partial charge in [0, 0.05) is 11.0 Å². The van der Waals surface area contributed by atoms with Gasteiger partial charge in [-0.15, -0.1) is 0 Å². The van der Waals surface area contributed by atoms with E-state index in [1.54, 1.807) is 37.7 Å². The fraction of sp³-hybridized carbons (Fsp3) is 0.207. The number of methoxy groups -OCH3 is 1. The molecule has 0 radical (unpaired) electrons. The van der Waals surface area contributed by atoms with Gasteiger partial charge in [0.15, 0.2) is 9.89 Å². The molecule has 39 heavy (non-hydrogen) atoms. The molecule has 1 aliphatic heterocycles. The highest BCUT2D eigenvalue weighted by Crippen LogP contribution is 2.35. The van der Waals surface area contributed by atoms with Gasteiger partial charge in [-0.25, -0.2) is 9.79 Å². The number of benzene rings is 2. The fourth-order valence-electron chi connectivity index (χ4n) is 4.28. The van der Waals surface area contributed by atoms with Gasteiger partial charge >= 0.3 is 5.97 Å². The maximum absolute atomic E-state index is 13.8. The molecule has 200 valence electrons. The molecule has 7 nitrogen and oxygen atoms in total. The van der Waals surface area contributed by atoms with Crippen LogP contribution in [0.15, 0.2) is 94.5 Å². The highest BCUT2D eigenvalue weighted by atomic mass is 79.9. The molecular formula is C29H25BrN2O5S2. The second-order valence-corrected chi connectivity index (χ2v) is 11.7. The minimum Gasteiger partial charge on any atom is -0.496 e. The molecule has 0 N–H and O–H groups in total. The number of nitrogens with zero attached hydrogens (tertiary/aromatic N) is 2. The van der Waals surface area contributed by atoms with Crippen LogP contribution in [-0.4, -0.2) is 24.3 Å². The van der Waals surface area contributed by atoms with Crippen LogP contribution >= 0.6 is 39.0 Å². The molecule has 0 fully saturated rings. The summed E-state index contributed by atoms with van der Waals surface area (Å²) in [6.07, 6.45) is 1.72. The highest BCUT2D eigenvalue weighted by molar-refractivity contribution is 9.10. The first-order valence-electron chi connectivity index (χ1n) is 12.2. The Morgan fingerprint density at radius 1 is 1.18 bits per heavy atom. The molecule has 0 saturated carbocycles. The van der Waals surface area contributed by atoms with Crippen LogP contribution < -0.4 is 19.6 Å². The lowest BCUT2D eigenvalue weighted by molar-refractivity contribution is -0.139. The van der Waals surface area contributed by atoms with Crippen molar-refractivity contribution in [1.82, 2.24) is 4.57 Å². The summed E-state index contributed by atoms with van der Waals surface area (Å²) in [5.41, 5.74) is 2.48. The highest BCUT2D eigenvalue weighted by Gasteiger charge is 2.33. The predicted octanol–water partition coefficient (Wildman–Crippen LogP) is 5.62. The summed E-state index contributed by atoms with van der Waals surface area (Å²) in [6, 6.07) is 16.7. The van der Waals surface area contributed by atoms with E-state index in [1.807, 2.05) is 43.3 Å². The van der Waals surface area contributed by atoms with Crippen LogP contribution in [0.3, 0.4) is 0 Å². The van der Waals surface area contributed by atoms with Gasteiger partial charge in [0.05, 0.1) is 40.0 Å². The van der Waals surface area contributed by atoms with Crippen LogP contribution in [0.5, 0.6) is 5.75 Å². The summed E-state index contributed by atoms with van der Waals surface area (Å²) in [5.74, 6) is 0.690. The first-order chi connectivity index (χ1) is 18.8. The van der Waals surface area contributed by atoms with Gasteiger partial charge in [0.2, 0.25) is 0 Å². The SMILES string of the molecule is CCOC(=O)C1=C(C)N=c2s/c(=C/c3ccc(Sc4ccc(C)cc4)o3)c(=O)n2[C@@H]1c1ccc(OC)c(Br)c1. The average molecular weight is 626 g/mol. The number of carbonyl (C=O) groups excluding carboxylic acids is 1. The van der Waals surface area contributed by atoms with Crippen molar-refractivity contribution in [2.24, 2.45) is 4.99 Å². The number of hydrogen-bond acceptors (Lipinski definition) is 8. The van der Waals surface area contributed by atoms with Gasteiger partial charge in [0.1, 0.15) is 11.5 Å². The van der Waals surface area contributed by atoms with E-state index >= 15 is 0 Å². The molecule has 0 spiro atoms. The molecular weight excluding hydrogens is 600 g/mol. The van der Waals surface area contributed by atoms with E-state index in [2.05, 4.69) is 33.1 Å². The Bertz CT molecular complexity index is 1770. The smallest absolute Gasteiger partial charge is 0.338 e. The standard InChI is InChI=1S/C29H25BrN2O5S2/c1-5-36-28(34)25-17(3)31-29-32(26(25)18-8-12-22(35-4)21(30)14-18)27(33)23(39-29)15-19-9-13-24(37-19)38-20-10-6-16(2)7-11-20/h6-15,26H,5H2,1-4H3/b23-15+/t26-/m1/s1. The Morgan fingerprint density at radius 2 is 1.95 bits per heavy atom. The van der Waals surface area contributed by atoms with E-state index in [1.165, 1.54) is 28.7 Å². The van der Waals surface area contributed by atoms with Crippen LogP contribution in [0, 0.1) is 6.92 Å². The molecule has 0 bridgehead atoms. The molecule has 10 heteroatoms. The Balaban J connectivity index is 1.58. The zero-order valence-corrected chi connectivity index (χ0v) is 24.9. The third kappa shape index (κ3) is 5.54. The number of halogens is 1. The normalized spacial score (nSPS) is 15.2. The second-order valence-electron chi connectivity index (χ2n) is 8.77. The maximum atomic E-state index is 13.8. The van der Waals surface area contributed by atoms with E-state index in [0.717, 1.165) is 15.6 Å². The zero-order valence-electron chi connectivity index (χ0n) is 21.7. The van der Waals surface area contributed by atoms with Gasteiger partial charge in [-0.05, 0) is 78.7 Å². The third-order valence-electron chi connectivity index (χ3n) is 6.12. The van der Waals surface area contributed by atoms with Gasteiger partial charge in [0.25, 0.3) is 5.56 Å². The minimum absolute atomic E-state index is 0.209. The number of rotatable bonds is 7. The van der Waals surface area contributed by atoms with Crippen molar-refractivity contribution in [2.75, 3.05) is 13.7 Å². The van der Waals surface area contributed by atoms with Crippen molar-refractivity contribution in [3.05, 3.63) is 107 Å². The number of ether oxygens (including phenoxy) is 2. The van der Waals surface area contributed by atoms with E-state index in [-0.39, 0.29) is 12.2 Å². The summed E-state index contributed by atoms with van der Waals surface area (Å²) in [7, 11) is 1.58. The zero-order chi connectivity index (χ0) is 27.7. The molecule has 0 amide bonds. The van der Waals surface area contributed by atoms with Crippen LogP contribution in [0.2, 0.25) is 0 Å². The van der Waals surface area contributed by atoms with Crippen molar-refractivity contribution in [2.45, 2.75) is 36.8 Å². The molecule has 4 aromatic rings. The summed E-state index contributed by atoms with van der Waals surface area (Å²) in [4.78, 5) is 33.1. The molecule has 0 aliphatic carbocycles.